The molecular weight excluding hydrogens is 332 g/mol. The Morgan fingerprint density at radius 1 is 1.21 bits per heavy atom. The Morgan fingerprint density at radius 3 is 2.79 bits per heavy atom. The lowest BCUT2D eigenvalue weighted by Gasteiger charge is -2.08. The predicted octanol–water partition coefficient (Wildman–Crippen LogP) is 2.46. The van der Waals surface area contributed by atoms with E-state index in [1.807, 2.05) is 0 Å². The minimum atomic E-state index is -3.63. The first-order valence-corrected chi connectivity index (χ1v) is 8.76. The van der Waals surface area contributed by atoms with E-state index in [-0.39, 0.29) is 17.9 Å². The first-order chi connectivity index (χ1) is 11.4. The van der Waals surface area contributed by atoms with Gasteiger partial charge in [0.15, 0.2) is 0 Å². The molecule has 2 N–H and O–H groups in total. The Morgan fingerprint density at radius 2 is 2.00 bits per heavy atom. The Hall–Kier alpha value is -2.94. The number of nitro benzene ring substituents is 1. The quantitative estimate of drug-likeness (QED) is 0.525. The lowest BCUT2D eigenvalue weighted by atomic mass is 10.1. The van der Waals surface area contributed by atoms with Crippen molar-refractivity contribution < 1.29 is 13.3 Å². The van der Waals surface area contributed by atoms with E-state index in [2.05, 4.69) is 14.9 Å². The van der Waals surface area contributed by atoms with E-state index >= 15 is 0 Å². The number of aromatic amines is 1. The highest BCUT2D eigenvalue weighted by Gasteiger charge is 2.17. The maximum Gasteiger partial charge on any atom is 0.272 e. The van der Waals surface area contributed by atoms with Crippen LogP contribution >= 0.6 is 0 Å². The zero-order valence-electron chi connectivity index (χ0n) is 12.5. The van der Waals surface area contributed by atoms with Crippen molar-refractivity contribution in [2.75, 3.05) is 10.5 Å². The summed E-state index contributed by atoms with van der Waals surface area (Å²) in [4.78, 5) is 10.5. The number of hydrogen-bond donors (Lipinski definition) is 2. The minimum absolute atomic E-state index is 0.0560. The van der Waals surface area contributed by atoms with Gasteiger partial charge in [-0.1, -0.05) is 18.2 Å². The number of para-hydroxylation sites is 1. The molecule has 0 radical (unpaired) electrons. The van der Waals surface area contributed by atoms with Gasteiger partial charge in [0.2, 0.25) is 10.0 Å². The van der Waals surface area contributed by atoms with Crippen LogP contribution in [0.5, 0.6) is 0 Å². The van der Waals surface area contributed by atoms with Gasteiger partial charge in [-0.25, -0.2) is 8.42 Å². The van der Waals surface area contributed by atoms with Crippen LogP contribution in [0.4, 0.5) is 11.4 Å². The molecule has 24 heavy (non-hydrogen) atoms. The third-order valence-electron chi connectivity index (χ3n) is 3.54. The molecule has 1 heterocycles. The lowest BCUT2D eigenvalue weighted by Crippen LogP contribution is -2.18. The first kappa shape index (κ1) is 15.9. The number of rotatable bonds is 6. The van der Waals surface area contributed by atoms with Crippen molar-refractivity contribution in [2.24, 2.45) is 0 Å². The lowest BCUT2D eigenvalue weighted by molar-refractivity contribution is -0.385. The molecule has 0 atom stereocenters. The van der Waals surface area contributed by atoms with Gasteiger partial charge in [-0.05, 0) is 24.6 Å². The molecule has 0 aliphatic carbocycles. The van der Waals surface area contributed by atoms with E-state index in [1.54, 1.807) is 42.6 Å². The Labute approximate surface area is 137 Å². The molecule has 0 fully saturated rings. The molecule has 0 amide bonds. The van der Waals surface area contributed by atoms with E-state index in [0.717, 1.165) is 10.9 Å². The van der Waals surface area contributed by atoms with Crippen molar-refractivity contribution in [3.8, 4) is 0 Å². The van der Waals surface area contributed by atoms with Crippen LogP contribution in [0.2, 0.25) is 0 Å². The summed E-state index contributed by atoms with van der Waals surface area (Å²) in [5.41, 5.74) is 1.54. The molecule has 3 aromatic rings. The van der Waals surface area contributed by atoms with E-state index in [4.69, 9.17) is 0 Å². The highest BCUT2D eigenvalue weighted by molar-refractivity contribution is 7.92. The van der Waals surface area contributed by atoms with Crippen LogP contribution in [0.25, 0.3) is 10.9 Å². The SMILES string of the molecule is O=[N+]([O-])c1ccccc1CCS(=O)(=O)Nc1ccc2[nH]ncc2c1. The maximum atomic E-state index is 12.2. The molecule has 0 spiro atoms. The number of hydrogen-bond acceptors (Lipinski definition) is 5. The van der Waals surface area contributed by atoms with Gasteiger partial charge in [-0.15, -0.1) is 0 Å². The van der Waals surface area contributed by atoms with Gasteiger partial charge in [0, 0.05) is 22.7 Å². The summed E-state index contributed by atoms with van der Waals surface area (Å²) in [6.07, 6.45) is 1.65. The zero-order chi connectivity index (χ0) is 17.2. The van der Waals surface area contributed by atoms with E-state index in [0.29, 0.717) is 11.3 Å². The van der Waals surface area contributed by atoms with Crippen LogP contribution in [0, 0.1) is 10.1 Å². The number of nitrogens with zero attached hydrogens (tertiary/aromatic N) is 2. The number of aromatic nitrogens is 2. The second-order valence-corrected chi connectivity index (χ2v) is 7.07. The van der Waals surface area contributed by atoms with Crippen molar-refractivity contribution in [2.45, 2.75) is 6.42 Å². The molecule has 8 nitrogen and oxygen atoms in total. The number of nitrogens with one attached hydrogen (secondary N) is 2. The molecule has 0 unspecified atom stereocenters. The average molecular weight is 346 g/mol. The Bertz CT molecular complexity index is 997. The van der Waals surface area contributed by atoms with Gasteiger partial charge < -0.3 is 0 Å². The molecule has 1 aromatic heterocycles. The van der Waals surface area contributed by atoms with Crippen molar-refractivity contribution in [3.63, 3.8) is 0 Å². The predicted molar refractivity (Wildman–Crippen MR) is 90.3 cm³/mol. The van der Waals surface area contributed by atoms with Crippen LogP contribution < -0.4 is 4.72 Å². The number of benzene rings is 2. The van der Waals surface area contributed by atoms with E-state index in [1.165, 1.54) is 6.07 Å². The number of H-pyrrole nitrogens is 1. The second kappa shape index (κ2) is 6.28. The summed E-state index contributed by atoms with van der Waals surface area (Å²) in [5.74, 6) is -0.249. The van der Waals surface area contributed by atoms with Crippen molar-refractivity contribution in [1.82, 2.24) is 10.2 Å². The van der Waals surface area contributed by atoms with Gasteiger partial charge in [-0.3, -0.25) is 19.9 Å². The van der Waals surface area contributed by atoms with Crippen LogP contribution in [-0.4, -0.2) is 29.3 Å². The number of sulfonamides is 1. The van der Waals surface area contributed by atoms with Crippen molar-refractivity contribution in [3.05, 3.63) is 64.3 Å². The molecule has 0 aliphatic heterocycles. The van der Waals surface area contributed by atoms with Gasteiger partial charge in [0.25, 0.3) is 5.69 Å². The molecule has 0 aliphatic rings. The minimum Gasteiger partial charge on any atom is -0.284 e. The van der Waals surface area contributed by atoms with Crippen molar-refractivity contribution in [1.29, 1.82) is 0 Å². The largest absolute Gasteiger partial charge is 0.284 e. The summed E-state index contributed by atoms with van der Waals surface area (Å²) in [5, 5.41) is 18.4. The Balaban J connectivity index is 1.73. The summed E-state index contributed by atoms with van der Waals surface area (Å²) in [6, 6.07) is 11.1. The summed E-state index contributed by atoms with van der Waals surface area (Å²) in [6.45, 7) is 0. The molecule has 124 valence electrons. The second-order valence-electron chi connectivity index (χ2n) is 5.23. The van der Waals surface area contributed by atoms with Gasteiger partial charge in [0.1, 0.15) is 0 Å². The van der Waals surface area contributed by atoms with Gasteiger partial charge in [-0.2, -0.15) is 5.10 Å². The molecule has 3 rings (SSSR count). The molecule has 0 bridgehead atoms. The van der Waals surface area contributed by atoms with Crippen molar-refractivity contribution >= 4 is 32.3 Å². The highest BCUT2D eigenvalue weighted by Crippen LogP contribution is 2.20. The third kappa shape index (κ3) is 3.51. The maximum absolute atomic E-state index is 12.2. The average Bonchev–Trinajstić information content (AvgIpc) is 3.00. The fourth-order valence-electron chi connectivity index (χ4n) is 2.38. The molecular formula is C15H14N4O4S. The normalized spacial score (nSPS) is 11.5. The summed E-state index contributed by atoms with van der Waals surface area (Å²) < 4.78 is 26.9. The first-order valence-electron chi connectivity index (χ1n) is 7.10. The molecule has 2 aromatic carbocycles. The van der Waals surface area contributed by atoms with Crippen LogP contribution in [-0.2, 0) is 16.4 Å². The fraction of sp³-hybridized carbons (Fsp3) is 0.133. The summed E-state index contributed by atoms with van der Waals surface area (Å²) >= 11 is 0. The molecule has 0 saturated heterocycles. The molecule has 0 saturated carbocycles. The third-order valence-corrected chi connectivity index (χ3v) is 4.83. The smallest absolute Gasteiger partial charge is 0.272 e. The van der Waals surface area contributed by atoms with Gasteiger partial charge in [0.05, 0.1) is 22.4 Å². The standard InChI is InChI=1S/C15H14N4O4S/c20-19(21)15-4-2-1-3-11(15)7-8-24(22,23)18-13-5-6-14-12(9-13)10-16-17-14/h1-6,9-10,18H,7-8H2,(H,16,17). The monoisotopic (exact) mass is 346 g/mol. The van der Waals surface area contributed by atoms with Crippen LogP contribution in [0.15, 0.2) is 48.7 Å². The number of nitro groups is 1. The van der Waals surface area contributed by atoms with E-state index in [9.17, 15) is 18.5 Å². The summed E-state index contributed by atoms with van der Waals surface area (Å²) in [7, 11) is -3.63. The molecule has 9 heteroatoms. The zero-order valence-corrected chi connectivity index (χ0v) is 13.3. The number of aryl methyl sites for hydroxylation is 1. The highest BCUT2D eigenvalue weighted by atomic mass is 32.2. The van der Waals surface area contributed by atoms with Crippen LogP contribution in [0.3, 0.4) is 0 Å². The van der Waals surface area contributed by atoms with Crippen LogP contribution in [0.1, 0.15) is 5.56 Å². The van der Waals surface area contributed by atoms with E-state index < -0.39 is 14.9 Å². The number of fused-ring (bicyclic) bond motifs is 1. The Kier molecular flexibility index (Phi) is 4.17. The topological polar surface area (TPSA) is 118 Å². The fourth-order valence-corrected chi connectivity index (χ4v) is 3.46. The van der Waals surface area contributed by atoms with Gasteiger partial charge >= 0.3 is 0 Å². The number of anilines is 1.